The highest BCUT2D eigenvalue weighted by atomic mass is 35.5. The number of carbonyl (C=O) groups excluding carboxylic acids is 1. The monoisotopic (exact) mass is 632 g/mol. The summed E-state index contributed by atoms with van der Waals surface area (Å²) in [4.78, 5) is 25.2. The molecule has 3 rings (SSSR count). The highest BCUT2D eigenvalue weighted by Gasteiger charge is 2.44. The van der Waals surface area contributed by atoms with Crippen LogP contribution in [0.1, 0.15) is 6.92 Å². The van der Waals surface area contributed by atoms with Crippen molar-refractivity contribution in [1.82, 2.24) is 19.4 Å². The number of hydroxylamine groups is 1. The van der Waals surface area contributed by atoms with Gasteiger partial charge in [-0.05, 0) is 29.6 Å². The summed E-state index contributed by atoms with van der Waals surface area (Å²) in [5.41, 5.74) is -0.620. The number of nitrogens with one attached hydrogen (secondary N) is 2. The van der Waals surface area contributed by atoms with Gasteiger partial charge in [0.1, 0.15) is 40.2 Å². The van der Waals surface area contributed by atoms with Crippen molar-refractivity contribution < 1.29 is 53.5 Å². The SMILES string of the molecule is CC(Oc1cc(F)c(S(=O)(=O)N(C)OC(=O)C(F)(F)F)cc1Nc1cc(Nc2ccc(Cl)cn2)ncn1)C(F)(F)F. The molecule has 0 spiro atoms. The second kappa shape index (κ2) is 11.9. The van der Waals surface area contributed by atoms with E-state index in [9.17, 15) is 43.9 Å². The highest BCUT2D eigenvalue weighted by molar-refractivity contribution is 7.89. The molecule has 1 atom stereocenters. The molecular weight excluding hydrogens is 617 g/mol. The van der Waals surface area contributed by atoms with Gasteiger partial charge in [0.15, 0.2) is 6.10 Å². The smallest absolute Gasteiger partial charge is 0.479 e. The third-order valence-corrected chi connectivity index (χ3v) is 6.62. The lowest BCUT2D eigenvalue weighted by molar-refractivity contribution is -0.219. The van der Waals surface area contributed by atoms with Crippen LogP contribution in [-0.2, 0) is 19.7 Å². The minimum Gasteiger partial charge on any atom is -0.479 e. The summed E-state index contributed by atoms with van der Waals surface area (Å²) in [5.74, 6) is -5.36. The van der Waals surface area contributed by atoms with E-state index in [2.05, 4.69) is 30.4 Å². The van der Waals surface area contributed by atoms with E-state index in [0.29, 0.717) is 25.1 Å². The predicted molar refractivity (Wildman–Crippen MR) is 127 cm³/mol. The number of sulfonamides is 1. The van der Waals surface area contributed by atoms with Crippen LogP contribution in [0.15, 0.2) is 47.8 Å². The van der Waals surface area contributed by atoms with Crippen LogP contribution in [0.3, 0.4) is 0 Å². The maximum absolute atomic E-state index is 14.9. The molecule has 0 amide bonds. The number of pyridine rings is 1. The van der Waals surface area contributed by atoms with E-state index in [0.717, 1.165) is 6.33 Å². The Morgan fingerprint density at radius 3 is 2.20 bits per heavy atom. The number of aromatic nitrogens is 3. The molecule has 1 aromatic carbocycles. The zero-order valence-electron chi connectivity index (χ0n) is 20.4. The molecule has 0 radical (unpaired) electrons. The number of benzene rings is 1. The summed E-state index contributed by atoms with van der Waals surface area (Å²) in [5, 5.41) is 5.55. The van der Waals surface area contributed by atoms with Gasteiger partial charge in [-0.25, -0.2) is 32.6 Å². The Morgan fingerprint density at radius 1 is 1.00 bits per heavy atom. The van der Waals surface area contributed by atoms with Gasteiger partial charge in [0.25, 0.3) is 10.0 Å². The molecule has 0 aliphatic heterocycles. The number of hydrogen-bond acceptors (Lipinski definition) is 10. The fourth-order valence-electron chi connectivity index (χ4n) is 2.75. The average molecular weight is 633 g/mol. The molecule has 1 unspecified atom stereocenters. The zero-order chi connectivity index (χ0) is 30.8. The Hall–Kier alpha value is -3.97. The molecule has 20 heteroatoms. The fraction of sp³-hybridized carbons (Fsp3) is 0.238. The quantitative estimate of drug-likeness (QED) is 0.242. The number of halogens is 8. The van der Waals surface area contributed by atoms with Crippen molar-refractivity contribution >= 4 is 50.7 Å². The van der Waals surface area contributed by atoms with E-state index in [1.165, 1.54) is 24.4 Å². The molecule has 41 heavy (non-hydrogen) atoms. The molecule has 0 aliphatic carbocycles. The van der Waals surface area contributed by atoms with E-state index in [1.807, 2.05) is 0 Å². The molecule has 0 bridgehead atoms. The van der Waals surface area contributed by atoms with Crippen LogP contribution in [0, 0.1) is 5.82 Å². The van der Waals surface area contributed by atoms with Gasteiger partial charge in [0.05, 0.1) is 10.7 Å². The Morgan fingerprint density at radius 2 is 1.63 bits per heavy atom. The van der Waals surface area contributed by atoms with Crippen LogP contribution in [0.2, 0.25) is 5.02 Å². The number of hydrogen-bond donors (Lipinski definition) is 2. The first kappa shape index (κ1) is 31.6. The lowest BCUT2D eigenvalue weighted by Crippen LogP contribution is -2.36. The summed E-state index contributed by atoms with van der Waals surface area (Å²) in [6.45, 7) is 0.586. The molecule has 0 saturated heterocycles. The number of alkyl halides is 6. The van der Waals surface area contributed by atoms with Crippen molar-refractivity contribution in [2.24, 2.45) is 0 Å². The summed E-state index contributed by atoms with van der Waals surface area (Å²) in [6.07, 6.45) is -10.7. The van der Waals surface area contributed by atoms with Gasteiger partial charge in [0, 0.05) is 25.4 Å². The summed E-state index contributed by atoms with van der Waals surface area (Å²) in [7, 11) is -4.96. The lowest BCUT2D eigenvalue weighted by atomic mass is 10.2. The van der Waals surface area contributed by atoms with Gasteiger partial charge in [-0.15, -0.1) is 0 Å². The number of rotatable bonds is 9. The van der Waals surface area contributed by atoms with Crippen LogP contribution in [0.25, 0.3) is 0 Å². The van der Waals surface area contributed by atoms with Crippen molar-refractivity contribution in [2.75, 3.05) is 17.7 Å². The number of anilines is 4. The average Bonchev–Trinajstić information content (AvgIpc) is 2.85. The molecular formula is C21H16ClF7N6O5S. The van der Waals surface area contributed by atoms with Gasteiger partial charge in [-0.2, -0.15) is 26.3 Å². The molecule has 2 aromatic heterocycles. The molecule has 3 aromatic rings. The number of nitrogens with zero attached hydrogens (tertiary/aromatic N) is 4. The normalized spacial score (nSPS) is 13.0. The van der Waals surface area contributed by atoms with Crippen LogP contribution in [-0.4, -0.2) is 59.3 Å². The largest absolute Gasteiger partial charge is 0.492 e. The highest BCUT2D eigenvalue weighted by Crippen LogP contribution is 2.36. The van der Waals surface area contributed by atoms with Crippen LogP contribution >= 0.6 is 11.6 Å². The molecule has 0 saturated carbocycles. The Balaban J connectivity index is 2.02. The minimum absolute atomic E-state index is 0.0807. The predicted octanol–water partition coefficient (Wildman–Crippen LogP) is 5.12. The second-order valence-corrected chi connectivity index (χ2v) is 10.1. The maximum atomic E-state index is 14.9. The van der Waals surface area contributed by atoms with Crippen LogP contribution in [0.4, 0.5) is 53.9 Å². The second-order valence-electron chi connectivity index (χ2n) is 7.77. The summed E-state index contributed by atoms with van der Waals surface area (Å²) >= 11 is 5.77. The Kier molecular flexibility index (Phi) is 9.14. The van der Waals surface area contributed by atoms with Crippen molar-refractivity contribution in [3.8, 4) is 5.75 Å². The summed E-state index contributed by atoms with van der Waals surface area (Å²) < 4.78 is 122. The fourth-order valence-corrected chi connectivity index (χ4v) is 3.88. The first-order chi connectivity index (χ1) is 18.9. The topological polar surface area (TPSA) is 136 Å². The van der Waals surface area contributed by atoms with E-state index >= 15 is 0 Å². The van der Waals surface area contributed by atoms with Gasteiger partial charge < -0.3 is 20.2 Å². The van der Waals surface area contributed by atoms with Gasteiger partial charge in [0.2, 0.25) is 0 Å². The Labute approximate surface area is 231 Å². The van der Waals surface area contributed by atoms with E-state index in [4.69, 9.17) is 16.3 Å². The van der Waals surface area contributed by atoms with Gasteiger partial charge >= 0.3 is 18.3 Å². The first-order valence-corrected chi connectivity index (χ1v) is 12.5. The van der Waals surface area contributed by atoms with Crippen molar-refractivity contribution in [3.63, 3.8) is 0 Å². The lowest BCUT2D eigenvalue weighted by Gasteiger charge is -2.22. The summed E-state index contributed by atoms with van der Waals surface area (Å²) in [6, 6.07) is 4.85. The third kappa shape index (κ3) is 8.04. The van der Waals surface area contributed by atoms with E-state index < -0.39 is 61.1 Å². The Bertz CT molecular complexity index is 1520. The minimum atomic E-state index is -5.60. The standard InChI is InChI=1S/C21H16ClF7N6O5S/c1-10(20(24,25)26)39-14-5-12(23)15(41(37,38)35(2)40-19(36)21(27,28)29)6-13(14)33-17-7-18(32-9-31-17)34-16-4-3-11(22)8-30-16/h3-10H,1-2H3,(H2,30,31,32,33,34). The molecule has 11 nitrogen and oxygen atoms in total. The van der Waals surface area contributed by atoms with Gasteiger partial charge in [-0.1, -0.05) is 11.6 Å². The first-order valence-electron chi connectivity index (χ1n) is 10.7. The van der Waals surface area contributed by atoms with E-state index in [-0.39, 0.29) is 23.5 Å². The third-order valence-electron chi connectivity index (χ3n) is 4.77. The number of ether oxygens (including phenoxy) is 1. The van der Waals surface area contributed by atoms with Crippen molar-refractivity contribution in [3.05, 3.63) is 53.7 Å². The van der Waals surface area contributed by atoms with E-state index in [1.54, 1.807) is 0 Å². The number of carbonyl (C=O) groups is 1. The molecule has 0 fully saturated rings. The van der Waals surface area contributed by atoms with Crippen LogP contribution < -0.4 is 15.4 Å². The molecule has 2 N–H and O–H groups in total. The van der Waals surface area contributed by atoms with Crippen molar-refractivity contribution in [2.45, 2.75) is 30.3 Å². The molecule has 0 aliphatic rings. The maximum Gasteiger partial charge on any atom is 0.492 e. The zero-order valence-corrected chi connectivity index (χ0v) is 22.0. The van der Waals surface area contributed by atoms with Crippen LogP contribution in [0.5, 0.6) is 5.75 Å². The van der Waals surface area contributed by atoms with Gasteiger partial charge in [-0.3, -0.25) is 0 Å². The molecule has 2 heterocycles. The van der Waals surface area contributed by atoms with Crippen molar-refractivity contribution in [1.29, 1.82) is 0 Å². The molecule has 222 valence electrons.